The summed E-state index contributed by atoms with van der Waals surface area (Å²) in [7, 11) is -14.4. The normalized spacial score (nSPS) is 22.8. The maximum atomic E-state index is 14.6. The second-order valence-corrected chi connectivity index (χ2v) is 32.0. The monoisotopic (exact) mass is 1480 g/mol. The van der Waals surface area contributed by atoms with Gasteiger partial charge in [0.15, 0.2) is 5.65 Å². The first kappa shape index (κ1) is 78.6. The van der Waals surface area contributed by atoms with Crippen LogP contribution in [0.4, 0.5) is 10.7 Å². The van der Waals surface area contributed by atoms with Gasteiger partial charge in [-0.3, -0.25) is 52.7 Å². The van der Waals surface area contributed by atoms with Crippen LogP contribution < -0.4 is 32.6 Å². The summed E-state index contributed by atoms with van der Waals surface area (Å²) in [5, 5.41) is 48.7. The summed E-state index contributed by atoms with van der Waals surface area (Å²) in [5.41, 5.74) is 5.69. The fourth-order valence-corrected chi connectivity index (χ4v) is 17.6. The molecule has 7 rings (SSSR count). The Labute approximate surface area is 567 Å². The van der Waals surface area contributed by atoms with E-state index in [1.165, 1.54) is 42.2 Å². The second-order valence-electron chi connectivity index (χ2n) is 24.4. The molecule has 0 spiro atoms. The van der Waals surface area contributed by atoms with Gasteiger partial charge in [0.05, 0.1) is 36.5 Å². The minimum absolute atomic E-state index is 0.00448. The van der Waals surface area contributed by atoms with E-state index in [4.69, 9.17) is 30.1 Å². The fourth-order valence-electron chi connectivity index (χ4n) is 12.0. The first-order valence-electron chi connectivity index (χ1n) is 31.1. The summed E-state index contributed by atoms with van der Waals surface area (Å²) in [4.78, 5) is 190. The second kappa shape index (κ2) is 34.1. The standard InChI is InChI=1S/C56H79N10O27P3S2/c1-55(2,98-97-24-18-33(67)14-4-3-11-31-29-66(46-45(31)50(77)63-53(57)62-46)42-27-39(68)40(90-42)30-89-95(85,86)93-96(87,88)92-94(82,83)84)28-41(69)64-22-9-16-37(64)48(75)59-34(15-5-6-21-58-54(81)91-56-19-7-12-32(56)13-8-20-56)51(78)65-23-10-17-38(65)49(76)60-35(25-43(70)71)47(74)61-36(52(79)80)26-44(72)73/h12,29,34-40,42,68H,4-10,13-28,30H2,1-2H3,(H,58,81)(H,59,75)(H,60,76)(H,61,74)(H,70,71)(H,72,73)(H,79,80)(H,85,86)(H,87,88)(H2,82,83,84)(H3,57,62,63,77). The lowest BCUT2D eigenvalue weighted by Crippen LogP contribution is -2.58. The van der Waals surface area contributed by atoms with Gasteiger partial charge in [0.2, 0.25) is 35.5 Å². The van der Waals surface area contributed by atoms with Crippen LogP contribution in [0.1, 0.15) is 148 Å². The summed E-state index contributed by atoms with van der Waals surface area (Å²) in [6, 6.07) is -7.47. The zero-order valence-electron chi connectivity index (χ0n) is 53.1. The molecule has 11 unspecified atom stereocenters. The molecule has 98 heavy (non-hydrogen) atoms. The van der Waals surface area contributed by atoms with Crippen LogP contribution in [-0.4, -0.2) is 208 Å². The molecule has 0 aromatic carbocycles. The number of likely N-dealkylation sites (tertiary alicyclic amines) is 2. The number of phosphoric ester groups is 1. The summed E-state index contributed by atoms with van der Waals surface area (Å²) in [5.74, 6) is -3.33. The number of nitrogen functional groups attached to an aromatic ring is 1. The Balaban J connectivity index is 0.915. The smallest absolute Gasteiger partial charge is 0.481 e. The number of aliphatic hydroxyl groups is 1. The molecule has 11 atom stereocenters. The van der Waals surface area contributed by atoms with Gasteiger partial charge in [0, 0.05) is 68.4 Å². The van der Waals surface area contributed by atoms with Gasteiger partial charge in [0.1, 0.15) is 53.9 Å². The number of unbranched alkanes of at least 4 members (excludes halogenated alkanes) is 1. The Hall–Kier alpha value is -6.75. The van der Waals surface area contributed by atoms with Gasteiger partial charge >= 0.3 is 47.5 Å². The van der Waals surface area contributed by atoms with E-state index >= 15 is 0 Å². The minimum Gasteiger partial charge on any atom is -0.481 e. The number of carboxylic acids is 3. The largest absolute Gasteiger partial charge is 0.490 e. The van der Waals surface area contributed by atoms with Gasteiger partial charge in [0.25, 0.3) is 5.56 Å². The van der Waals surface area contributed by atoms with Crippen molar-refractivity contribution in [3.05, 3.63) is 33.8 Å². The van der Waals surface area contributed by atoms with Gasteiger partial charge in [-0.25, -0.2) is 23.3 Å². The van der Waals surface area contributed by atoms with E-state index < -0.39 is 155 Å². The van der Waals surface area contributed by atoms with Crippen LogP contribution in [0.3, 0.4) is 0 Å². The Morgan fingerprint density at radius 3 is 2.20 bits per heavy atom. The van der Waals surface area contributed by atoms with Gasteiger partial charge in [-0.05, 0) is 96.5 Å². The van der Waals surface area contributed by atoms with Crippen LogP contribution in [-0.2, 0) is 79.5 Å². The average molecular weight is 1480 g/mol. The lowest BCUT2D eigenvalue weighted by Gasteiger charge is -2.32. The zero-order valence-corrected chi connectivity index (χ0v) is 57.4. The predicted octanol–water partition coefficient (Wildman–Crippen LogP) is 1.95. The SMILES string of the molecule is CC(C)(CC(=O)N1CCCC1C(=O)NC(CCCCNC(=O)OC12CCC=C1CCC2)C(=O)N1CCCC1C(=O)NC(CC(=O)O)C(=O)NC(CC(=O)O)C(=O)O)SSCCC(=O)CCC#Cc1cn(C2CC(O)C(COP(=O)(O)OP(=O)(O)OP(=O)(O)O)O2)c2nc(N)[nH]c(=O)c12. The molecule has 6 amide bonds. The van der Waals surface area contributed by atoms with Crippen molar-refractivity contribution < 1.29 is 124 Å². The number of aromatic nitrogens is 3. The van der Waals surface area contributed by atoms with E-state index in [-0.39, 0.29) is 118 Å². The molecule has 2 aromatic heterocycles. The Bertz CT molecular complexity index is 3690. The predicted molar refractivity (Wildman–Crippen MR) is 343 cm³/mol. The number of anilines is 1. The van der Waals surface area contributed by atoms with Crippen LogP contribution in [0.5, 0.6) is 0 Å². The third-order valence-electron chi connectivity index (χ3n) is 16.5. The number of aliphatic hydroxyl groups excluding tert-OH is 1. The zero-order chi connectivity index (χ0) is 72.1. The number of ketones is 1. The lowest BCUT2D eigenvalue weighted by atomic mass is 9.99. The molecule has 4 fully saturated rings. The van der Waals surface area contributed by atoms with Gasteiger partial charge < -0.3 is 90.8 Å². The molecule has 5 aliphatic rings. The minimum atomic E-state index is -5.83. The van der Waals surface area contributed by atoms with Crippen LogP contribution in [0, 0.1) is 11.8 Å². The fraction of sp³-hybridized carbons (Fsp3) is 0.643. The molecule has 42 heteroatoms. The van der Waals surface area contributed by atoms with E-state index in [9.17, 15) is 91.5 Å². The van der Waals surface area contributed by atoms with E-state index in [1.54, 1.807) is 0 Å². The molecule has 0 bridgehead atoms. The maximum Gasteiger partial charge on any atom is 0.490 e. The number of rotatable bonds is 35. The number of H-pyrrole nitrogens is 1. The summed E-state index contributed by atoms with van der Waals surface area (Å²) >= 11 is 0. The quantitative estimate of drug-likeness (QED) is 0.0154. The van der Waals surface area contributed by atoms with E-state index in [2.05, 4.69) is 57.0 Å². The number of nitrogens with two attached hydrogens (primary N) is 1. The van der Waals surface area contributed by atoms with E-state index in [0.717, 1.165) is 31.3 Å². The molecule has 1 saturated carbocycles. The molecular formula is C56H79N10O27P3S2. The topological polar surface area (TPSA) is 561 Å². The molecule has 37 nitrogen and oxygen atoms in total. The van der Waals surface area contributed by atoms with Crippen LogP contribution in [0.25, 0.3) is 11.0 Å². The number of carbonyl (C=O) groups is 10. The Morgan fingerprint density at radius 1 is 0.867 bits per heavy atom. The number of carboxylic acid groups (broad SMARTS) is 3. The number of carbonyl (C=O) groups excluding carboxylic acids is 7. The van der Waals surface area contributed by atoms with E-state index in [1.807, 2.05) is 19.2 Å². The first-order valence-corrected chi connectivity index (χ1v) is 38.0. The van der Waals surface area contributed by atoms with Crippen LogP contribution >= 0.6 is 45.1 Å². The number of ether oxygens (including phenoxy) is 2. The van der Waals surface area contributed by atoms with Crippen molar-refractivity contribution in [1.29, 1.82) is 0 Å². The van der Waals surface area contributed by atoms with Crippen molar-refractivity contribution >= 4 is 121 Å². The third kappa shape index (κ3) is 22.4. The first-order chi connectivity index (χ1) is 45.9. The molecule has 2 aromatic rings. The molecule has 542 valence electrons. The Kier molecular flexibility index (Phi) is 27.3. The number of fused-ring (bicyclic) bond motifs is 2. The van der Waals surface area contributed by atoms with Gasteiger partial charge in [-0.15, -0.1) is 0 Å². The summed E-state index contributed by atoms with van der Waals surface area (Å²) in [6.45, 7) is 3.03. The molecule has 15 N–H and O–H groups in total. The number of aromatic amines is 1. The van der Waals surface area contributed by atoms with E-state index in [0.29, 0.717) is 25.0 Å². The van der Waals surface area contributed by atoms with Crippen molar-refractivity contribution in [3.8, 4) is 11.8 Å². The van der Waals surface area contributed by atoms with Crippen LogP contribution in [0.15, 0.2) is 22.6 Å². The maximum absolute atomic E-state index is 14.6. The average Bonchev–Trinajstić information content (AvgIpc) is 1.62. The van der Waals surface area contributed by atoms with Crippen LogP contribution in [0.2, 0.25) is 0 Å². The number of hydrogen-bond acceptors (Lipinski definition) is 24. The highest BCUT2D eigenvalue weighted by atomic mass is 33.1. The molecule has 2 aliphatic carbocycles. The number of nitrogens with zero attached hydrogens (tertiary/aromatic N) is 4. The lowest BCUT2D eigenvalue weighted by molar-refractivity contribution is -0.148. The number of nitrogens with one attached hydrogen (secondary N) is 5. The van der Waals surface area contributed by atoms with Crippen molar-refractivity contribution in [3.63, 3.8) is 0 Å². The number of allylic oxidation sites excluding steroid dienone is 1. The van der Waals surface area contributed by atoms with Gasteiger partial charge in [-0.2, -0.15) is 13.6 Å². The highest BCUT2D eigenvalue weighted by molar-refractivity contribution is 8.77. The Morgan fingerprint density at radius 2 is 1.53 bits per heavy atom. The summed E-state index contributed by atoms with van der Waals surface area (Å²) < 4.78 is 59.3. The molecule has 0 radical (unpaired) electrons. The number of alkyl carbamates (subject to hydrolysis) is 1. The number of aliphatic carboxylic acids is 3. The van der Waals surface area contributed by atoms with Gasteiger partial charge in [-0.1, -0.05) is 39.5 Å². The number of hydrogen-bond donors (Lipinski definition) is 14. The molecule has 5 heterocycles. The molecule has 3 saturated heterocycles. The third-order valence-corrected chi connectivity index (χ3v) is 23.6. The number of Topliss-reactive ketones (excluding diaryl/α,β-unsaturated/α-hetero) is 1. The van der Waals surface area contributed by atoms with Crippen molar-refractivity contribution in [2.75, 3.05) is 37.7 Å². The van der Waals surface area contributed by atoms with Crippen molar-refractivity contribution in [1.82, 2.24) is 45.6 Å². The van der Waals surface area contributed by atoms with Crippen molar-refractivity contribution in [2.24, 2.45) is 0 Å². The number of amides is 6. The summed E-state index contributed by atoms with van der Waals surface area (Å²) in [6.07, 6.45) is 2.22. The highest BCUT2D eigenvalue weighted by Gasteiger charge is 2.47. The highest BCUT2D eigenvalue weighted by Crippen LogP contribution is 2.66. The molecule has 3 aliphatic heterocycles. The van der Waals surface area contributed by atoms with Crippen molar-refractivity contribution in [2.45, 2.75) is 195 Å². The number of phosphoric acid groups is 3. The molecular weight excluding hydrogens is 1400 g/mol.